The number of amides is 1. The average molecular weight is 212 g/mol. The molecule has 0 aliphatic heterocycles. The van der Waals surface area contributed by atoms with Crippen molar-refractivity contribution < 1.29 is 4.79 Å². The zero-order valence-corrected chi connectivity index (χ0v) is 9.25. The molecule has 2 aliphatic carbocycles. The minimum Gasteiger partial charge on any atom is -0.392 e. The molecule has 0 aromatic carbocycles. The van der Waals surface area contributed by atoms with E-state index in [1.165, 1.54) is 0 Å². The Hall–Kier alpha value is -0.640. The van der Waals surface area contributed by atoms with Gasteiger partial charge in [-0.25, -0.2) is 0 Å². The number of carbonyl (C=O) groups excluding carboxylic acids is 1. The lowest BCUT2D eigenvalue weighted by Crippen LogP contribution is -2.55. The molecule has 2 fully saturated rings. The lowest BCUT2D eigenvalue weighted by molar-refractivity contribution is -0.131. The van der Waals surface area contributed by atoms with Crippen LogP contribution in [0.1, 0.15) is 39.0 Å². The number of rotatable bonds is 3. The summed E-state index contributed by atoms with van der Waals surface area (Å²) in [7, 11) is 0. The van der Waals surface area contributed by atoms with E-state index >= 15 is 0 Å². The summed E-state index contributed by atoms with van der Waals surface area (Å²) in [6.07, 6.45) is 4.86. The van der Waals surface area contributed by atoms with Crippen molar-refractivity contribution in [2.45, 2.75) is 44.6 Å². The summed E-state index contributed by atoms with van der Waals surface area (Å²) in [4.78, 5) is 12.3. The second kappa shape index (κ2) is 2.92. The van der Waals surface area contributed by atoms with Gasteiger partial charge in [0.05, 0.1) is 10.4 Å². The fourth-order valence-corrected chi connectivity index (χ4v) is 2.12. The Kier molecular flexibility index (Phi) is 2.07. The minimum absolute atomic E-state index is 0.0322. The van der Waals surface area contributed by atoms with Gasteiger partial charge < -0.3 is 11.1 Å². The Balaban J connectivity index is 2.05. The van der Waals surface area contributed by atoms with Gasteiger partial charge in [-0.1, -0.05) is 18.6 Å². The molecule has 2 saturated carbocycles. The van der Waals surface area contributed by atoms with Crippen molar-refractivity contribution in [3.8, 4) is 0 Å². The Bertz CT molecular complexity index is 292. The zero-order valence-electron chi connectivity index (χ0n) is 8.43. The number of nitrogens with two attached hydrogens (primary N) is 1. The molecule has 0 radical (unpaired) electrons. The van der Waals surface area contributed by atoms with Gasteiger partial charge in [0.15, 0.2) is 0 Å². The molecule has 4 heteroatoms. The predicted molar refractivity (Wildman–Crippen MR) is 58.9 cm³/mol. The molecule has 0 unspecified atom stereocenters. The van der Waals surface area contributed by atoms with E-state index in [1.807, 2.05) is 0 Å². The Morgan fingerprint density at radius 2 is 1.93 bits per heavy atom. The molecule has 14 heavy (non-hydrogen) atoms. The van der Waals surface area contributed by atoms with E-state index in [9.17, 15) is 4.79 Å². The minimum atomic E-state index is -0.513. The third-order valence-corrected chi connectivity index (χ3v) is 3.92. The standard InChI is InChI=1S/C10H16N2OS/c1-9(5-6-9)12-8(13)10(7(11)14)3-2-4-10/h2-6H2,1H3,(H2,11,14)(H,12,13). The molecule has 3 N–H and O–H groups in total. The number of hydrogen-bond donors (Lipinski definition) is 2. The molecule has 0 spiro atoms. The molecule has 1 amide bonds. The fourth-order valence-electron chi connectivity index (χ4n) is 1.82. The van der Waals surface area contributed by atoms with Crippen LogP contribution in [0.25, 0.3) is 0 Å². The maximum atomic E-state index is 12.0. The molecule has 2 aliphatic rings. The molecule has 3 nitrogen and oxygen atoms in total. The highest BCUT2D eigenvalue weighted by Gasteiger charge is 2.50. The molecule has 0 saturated heterocycles. The van der Waals surface area contributed by atoms with Crippen LogP contribution in [0.15, 0.2) is 0 Å². The van der Waals surface area contributed by atoms with Gasteiger partial charge in [-0.15, -0.1) is 0 Å². The largest absolute Gasteiger partial charge is 0.392 e. The van der Waals surface area contributed by atoms with Crippen molar-refractivity contribution in [2.24, 2.45) is 11.1 Å². The second-order valence-electron chi connectivity index (χ2n) is 4.81. The normalized spacial score (nSPS) is 26.1. The molecule has 0 atom stereocenters. The van der Waals surface area contributed by atoms with Gasteiger partial charge in [-0.3, -0.25) is 4.79 Å². The second-order valence-corrected chi connectivity index (χ2v) is 5.25. The van der Waals surface area contributed by atoms with Crippen LogP contribution in [-0.4, -0.2) is 16.4 Å². The third kappa shape index (κ3) is 1.41. The van der Waals surface area contributed by atoms with E-state index in [2.05, 4.69) is 12.2 Å². The first-order valence-corrected chi connectivity index (χ1v) is 5.52. The number of nitrogens with one attached hydrogen (secondary N) is 1. The summed E-state index contributed by atoms with van der Waals surface area (Å²) in [6.45, 7) is 2.07. The topological polar surface area (TPSA) is 55.1 Å². The Labute approximate surface area is 89.4 Å². The van der Waals surface area contributed by atoms with Crippen molar-refractivity contribution in [2.75, 3.05) is 0 Å². The summed E-state index contributed by atoms with van der Waals surface area (Å²) in [6, 6.07) is 0. The van der Waals surface area contributed by atoms with Crippen LogP contribution in [0.3, 0.4) is 0 Å². The van der Waals surface area contributed by atoms with Gasteiger partial charge in [-0.2, -0.15) is 0 Å². The van der Waals surface area contributed by atoms with Crippen LogP contribution in [0, 0.1) is 5.41 Å². The predicted octanol–water partition coefficient (Wildman–Crippen LogP) is 1.11. The molecule has 78 valence electrons. The lowest BCUT2D eigenvalue weighted by Gasteiger charge is -2.39. The van der Waals surface area contributed by atoms with Crippen molar-refractivity contribution in [1.29, 1.82) is 0 Å². The highest BCUT2D eigenvalue weighted by atomic mass is 32.1. The summed E-state index contributed by atoms with van der Waals surface area (Å²) >= 11 is 4.98. The number of carbonyl (C=O) groups is 1. The van der Waals surface area contributed by atoms with Crippen molar-refractivity contribution >= 4 is 23.1 Å². The first-order valence-electron chi connectivity index (χ1n) is 5.11. The Morgan fingerprint density at radius 1 is 1.36 bits per heavy atom. The summed E-state index contributed by atoms with van der Waals surface area (Å²) in [5, 5.41) is 3.05. The quantitative estimate of drug-likeness (QED) is 0.689. The lowest BCUT2D eigenvalue weighted by atomic mass is 9.68. The number of hydrogen-bond acceptors (Lipinski definition) is 2. The van der Waals surface area contributed by atoms with Gasteiger partial charge in [0, 0.05) is 5.54 Å². The van der Waals surface area contributed by atoms with Crippen molar-refractivity contribution in [3.05, 3.63) is 0 Å². The van der Waals surface area contributed by atoms with E-state index in [0.717, 1.165) is 32.1 Å². The molecule has 0 aromatic heterocycles. The van der Waals surface area contributed by atoms with Crippen molar-refractivity contribution in [1.82, 2.24) is 5.32 Å². The van der Waals surface area contributed by atoms with E-state index in [4.69, 9.17) is 18.0 Å². The fraction of sp³-hybridized carbons (Fsp3) is 0.800. The van der Waals surface area contributed by atoms with Gasteiger partial charge in [0.25, 0.3) is 0 Å². The molecular weight excluding hydrogens is 196 g/mol. The van der Waals surface area contributed by atoms with Crippen LogP contribution in [-0.2, 0) is 4.79 Å². The third-order valence-electron chi connectivity index (χ3n) is 3.53. The molecular formula is C10H16N2OS. The van der Waals surface area contributed by atoms with Crippen LogP contribution in [0.4, 0.5) is 0 Å². The van der Waals surface area contributed by atoms with Crippen LogP contribution >= 0.6 is 12.2 Å². The van der Waals surface area contributed by atoms with Gasteiger partial charge in [0.1, 0.15) is 0 Å². The van der Waals surface area contributed by atoms with E-state index < -0.39 is 5.41 Å². The van der Waals surface area contributed by atoms with Crippen LogP contribution < -0.4 is 11.1 Å². The van der Waals surface area contributed by atoms with Crippen LogP contribution in [0.2, 0.25) is 0 Å². The van der Waals surface area contributed by atoms with Gasteiger partial charge >= 0.3 is 0 Å². The molecule has 0 heterocycles. The van der Waals surface area contributed by atoms with Crippen molar-refractivity contribution in [3.63, 3.8) is 0 Å². The summed E-state index contributed by atoms with van der Waals surface area (Å²) < 4.78 is 0. The highest BCUT2D eigenvalue weighted by Crippen LogP contribution is 2.43. The highest BCUT2D eigenvalue weighted by molar-refractivity contribution is 7.80. The molecule has 0 bridgehead atoms. The maximum absolute atomic E-state index is 12.0. The summed E-state index contributed by atoms with van der Waals surface area (Å²) in [5.41, 5.74) is 5.16. The zero-order chi connectivity index (χ0) is 10.4. The van der Waals surface area contributed by atoms with Gasteiger partial charge in [0.2, 0.25) is 5.91 Å². The van der Waals surface area contributed by atoms with E-state index in [-0.39, 0.29) is 11.4 Å². The van der Waals surface area contributed by atoms with E-state index in [1.54, 1.807) is 0 Å². The first kappa shape index (κ1) is 9.90. The average Bonchev–Trinajstić information content (AvgIpc) is 2.63. The monoisotopic (exact) mass is 212 g/mol. The molecule has 2 rings (SSSR count). The van der Waals surface area contributed by atoms with E-state index in [0.29, 0.717) is 4.99 Å². The van der Waals surface area contributed by atoms with Crippen LogP contribution in [0.5, 0.6) is 0 Å². The number of thiocarbonyl (C=S) groups is 1. The summed E-state index contributed by atoms with van der Waals surface area (Å²) in [5.74, 6) is 0.0521. The maximum Gasteiger partial charge on any atom is 0.233 e. The SMILES string of the molecule is CC1(NC(=O)C2(C(N)=S)CCC2)CC1. The van der Waals surface area contributed by atoms with Gasteiger partial charge in [-0.05, 0) is 32.6 Å². The Morgan fingerprint density at radius 3 is 2.21 bits per heavy atom. The first-order chi connectivity index (χ1) is 6.49. The smallest absolute Gasteiger partial charge is 0.233 e. The molecule has 0 aromatic rings.